The van der Waals surface area contributed by atoms with E-state index in [0.29, 0.717) is 22.6 Å². The Kier molecular flexibility index (Phi) is 6.53. The van der Waals surface area contributed by atoms with Crippen molar-refractivity contribution in [2.75, 3.05) is 0 Å². The third-order valence-electron chi connectivity index (χ3n) is 3.56. The highest BCUT2D eigenvalue weighted by Crippen LogP contribution is 2.22. The van der Waals surface area contributed by atoms with Gasteiger partial charge in [-0.3, -0.25) is 4.79 Å². The lowest BCUT2D eigenvalue weighted by Gasteiger charge is -2.27. The predicted molar refractivity (Wildman–Crippen MR) is 87.9 cm³/mol. The Labute approximate surface area is 133 Å². The van der Waals surface area contributed by atoms with Gasteiger partial charge in [0.25, 0.3) is 5.91 Å². The molecule has 0 aliphatic rings. The van der Waals surface area contributed by atoms with Crippen LogP contribution in [0.3, 0.4) is 0 Å². The average molecular weight is 312 g/mol. The minimum atomic E-state index is -0.537. The first kappa shape index (κ1) is 17.8. The molecule has 0 unspecified atom stereocenters. The zero-order valence-corrected chi connectivity index (χ0v) is 14.5. The third kappa shape index (κ3) is 5.24. The topological polar surface area (TPSA) is 38.3 Å². The fourth-order valence-corrected chi connectivity index (χ4v) is 2.45. The van der Waals surface area contributed by atoms with Crippen molar-refractivity contribution in [1.29, 1.82) is 0 Å². The maximum atomic E-state index is 12.3. The number of nitrogens with one attached hydrogen (secondary N) is 1. The quantitative estimate of drug-likeness (QED) is 0.854. The number of halogens is 1. The summed E-state index contributed by atoms with van der Waals surface area (Å²) >= 11 is 5.98. The Morgan fingerprint density at radius 1 is 1.14 bits per heavy atom. The number of ether oxygens (including phenoxy) is 1. The molecule has 1 aromatic rings. The van der Waals surface area contributed by atoms with Gasteiger partial charge in [0.2, 0.25) is 0 Å². The Balaban J connectivity index is 2.67. The van der Waals surface area contributed by atoms with Gasteiger partial charge in [0.1, 0.15) is 5.75 Å². The molecule has 1 aromatic carbocycles. The molecule has 1 N–H and O–H groups in total. The van der Waals surface area contributed by atoms with Crippen molar-refractivity contribution < 1.29 is 9.53 Å². The molecule has 0 fully saturated rings. The van der Waals surface area contributed by atoms with E-state index in [-0.39, 0.29) is 11.9 Å². The van der Waals surface area contributed by atoms with Gasteiger partial charge >= 0.3 is 0 Å². The standard InChI is InChI=1S/C17H26ClNO2/c1-10(2)16(11(3)4)19-17(20)13(6)21-14-7-8-15(18)12(5)9-14/h7-11,13,16H,1-6H3,(H,19,20)/t13-/m0/s1. The summed E-state index contributed by atoms with van der Waals surface area (Å²) in [6, 6.07) is 5.55. The lowest BCUT2D eigenvalue weighted by molar-refractivity contribution is -0.128. The van der Waals surface area contributed by atoms with Crippen LogP contribution in [0.4, 0.5) is 0 Å². The van der Waals surface area contributed by atoms with Crippen LogP contribution >= 0.6 is 11.6 Å². The van der Waals surface area contributed by atoms with E-state index >= 15 is 0 Å². The fourth-order valence-electron chi connectivity index (χ4n) is 2.33. The summed E-state index contributed by atoms with van der Waals surface area (Å²) in [5.41, 5.74) is 0.934. The summed E-state index contributed by atoms with van der Waals surface area (Å²) in [4.78, 5) is 12.3. The van der Waals surface area contributed by atoms with Gasteiger partial charge in [-0.15, -0.1) is 0 Å². The molecule has 21 heavy (non-hydrogen) atoms. The SMILES string of the molecule is Cc1cc(O[C@@H](C)C(=O)NC(C(C)C)C(C)C)ccc1Cl. The van der Waals surface area contributed by atoms with Crippen molar-refractivity contribution in [1.82, 2.24) is 5.32 Å². The van der Waals surface area contributed by atoms with E-state index in [1.165, 1.54) is 0 Å². The van der Waals surface area contributed by atoms with Crippen LogP contribution in [0.1, 0.15) is 40.2 Å². The first-order chi connectivity index (χ1) is 9.72. The van der Waals surface area contributed by atoms with Crippen LogP contribution < -0.4 is 10.1 Å². The Bertz CT molecular complexity index is 478. The molecule has 0 aliphatic heterocycles. The molecular weight excluding hydrogens is 286 g/mol. The van der Waals surface area contributed by atoms with Gasteiger partial charge in [-0.05, 0) is 49.4 Å². The van der Waals surface area contributed by atoms with E-state index in [1.54, 1.807) is 19.1 Å². The van der Waals surface area contributed by atoms with E-state index in [4.69, 9.17) is 16.3 Å². The monoisotopic (exact) mass is 311 g/mol. The molecule has 0 bridgehead atoms. The molecule has 0 radical (unpaired) electrons. The van der Waals surface area contributed by atoms with Crippen LogP contribution in [0, 0.1) is 18.8 Å². The molecule has 0 saturated carbocycles. The van der Waals surface area contributed by atoms with E-state index in [9.17, 15) is 4.79 Å². The van der Waals surface area contributed by atoms with Crippen molar-refractivity contribution in [2.24, 2.45) is 11.8 Å². The number of carbonyl (C=O) groups excluding carboxylic acids is 1. The number of amides is 1. The highest BCUT2D eigenvalue weighted by molar-refractivity contribution is 6.31. The molecule has 0 spiro atoms. The Morgan fingerprint density at radius 3 is 2.19 bits per heavy atom. The van der Waals surface area contributed by atoms with Crippen LogP contribution in [-0.4, -0.2) is 18.1 Å². The predicted octanol–water partition coefficient (Wildman–Crippen LogP) is 4.21. The second-order valence-electron chi connectivity index (χ2n) is 6.19. The highest BCUT2D eigenvalue weighted by atomic mass is 35.5. The molecule has 0 aliphatic carbocycles. The maximum Gasteiger partial charge on any atom is 0.261 e. The van der Waals surface area contributed by atoms with Crippen molar-refractivity contribution in [2.45, 2.75) is 53.7 Å². The molecule has 3 nitrogen and oxygen atoms in total. The average Bonchev–Trinajstić information content (AvgIpc) is 2.39. The van der Waals surface area contributed by atoms with Crippen LogP contribution in [-0.2, 0) is 4.79 Å². The van der Waals surface area contributed by atoms with Crippen molar-refractivity contribution in [3.8, 4) is 5.75 Å². The molecule has 0 heterocycles. The second-order valence-corrected chi connectivity index (χ2v) is 6.60. The molecule has 4 heteroatoms. The first-order valence-electron chi connectivity index (χ1n) is 7.45. The molecule has 1 atom stereocenters. The Hall–Kier alpha value is -1.22. The second kappa shape index (κ2) is 7.69. The van der Waals surface area contributed by atoms with E-state index in [0.717, 1.165) is 5.56 Å². The smallest absolute Gasteiger partial charge is 0.261 e. The summed E-state index contributed by atoms with van der Waals surface area (Å²) in [7, 11) is 0. The molecule has 118 valence electrons. The van der Waals surface area contributed by atoms with Crippen LogP contribution in [0.25, 0.3) is 0 Å². The number of aryl methyl sites for hydroxylation is 1. The van der Waals surface area contributed by atoms with E-state index in [1.807, 2.05) is 13.0 Å². The third-order valence-corrected chi connectivity index (χ3v) is 3.98. The summed E-state index contributed by atoms with van der Waals surface area (Å²) < 4.78 is 5.70. The van der Waals surface area contributed by atoms with Gasteiger partial charge < -0.3 is 10.1 Å². The molecular formula is C17H26ClNO2. The number of hydrogen-bond donors (Lipinski definition) is 1. The van der Waals surface area contributed by atoms with Crippen molar-refractivity contribution in [3.63, 3.8) is 0 Å². The number of rotatable bonds is 6. The van der Waals surface area contributed by atoms with Crippen LogP contribution in [0.2, 0.25) is 5.02 Å². The molecule has 0 aromatic heterocycles. The van der Waals surface area contributed by atoms with Gasteiger partial charge in [-0.25, -0.2) is 0 Å². The summed E-state index contributed by atoms with van der Waals surface area (Å²) in [5.74, 6) is 1.35. The normalized spacial score (nSPS) is 12.9. The van der Waals surface area contributed by atoms with Gasteiger partial charge in [0, 0.05) is 11.1 Å². The van der Waals surface area contributed by atoms with Crippen molar-refractivity contribution in [3.05, 3.63) is 28.8 Å². The number of hydrogen-bond acceptors (Lipinski definition) is 2. The summed E-state index contributed by atoms with van der Waals surface area (Å²) in [6.45, 7) is 12.1. The highest BCUT2D eigenvalue weighted by Gasteiger charge is 2.23. The summed E-state index contributed by atoms with van der Waals surface area (Å²) in [5, 5.41) is 3.77. The van der Waals surface area contributed by atoms with Gasteiger partial charge in [0.05, 0.1) is 0 Å². The lowest BCUT2D eigenvalue weighted by atomic mass is 9.93. The summed E-state index contributed by atoms with van der Waals surface area (Å²) in [6.07, 6.45) is -0.537. The number of carbonyl (C=O) groups is 1. The fraction of sp³-hybridized carbons (Fsp3) is 0.588. The van der Waals surface area contributed by atoms with E-state index in [2.05, 4.69) is 33.0 Å². The number of benzene rings is 1. The molecule has 1 amide bonds. The zero-order valence-electron chi connectivity index (χ0n) is 13.7. The first-order valence-corrected chi connectivity index (χ1v) is 7.83. The maximum absolute atomic E-state index is 12.3. The molecule has 0 saturated heterocycles. The van der Waals surface area contributed by atoms with Crippen LogP contribution in [0.5, 0.6) is 5.75 Å². The van der Waals surface area contributed by atoms with E-state index < -0.39 is 6.10 Å². The van der Waals surface area contributed by atoms with Gasteiger partial charge in [-0.1, -0.05) is 39.3 Å². The van der Waals surface area contributed by atoms with Crippen LogP contribution in [0.15, 0.2) is 18.2 Å². The zero-order chi connectivity index (χ0) is 16.2. The van der Waals surface area contributed by atoms with Gasteiger partial charge in [0.15, 0.2) is 6.10 Å². The molecule has 1 rings (SSSR count). The van der Waals surface area contributed by atoms with Crippen molar-refractivity contribution >= 4 is 17.5 Å². The Morgan fingerprint density at radius 2 is 1.71 bits per heavy atom. The minimum Gasteiger partial charge on any atom is -0.481 e. The minimum absolute atomic E-state index is 0.0880. The largest absolute Gasteiger partial charge is 0.481 e. The van der Waals surface area contributed by atoms with Gasteiger partial charge in [-0.2, -0.15) is 0 Å². The lowest BCUT2D eigenvalue weighted by Crippen LogP contribution is -2.47.